The van der Waals surface area contributed by atoms with E-state index in [1.807, 2.05) is 0 Å². The summed E-state index contributed by atoms with van der Waals surface area (Å²) in [7, 11) is 0. The monoisotopic (exact) mass is 666 g/mol. The van der Waals surface area contributed by atoms with E-state index in [0.29, 0.717) is 13.0 Å². The standard InChI is InChI=1S/C38H66O9/c1-3-5-7-9-11-13-15-16-17-18-20-22-24-26-28-44-30-32(31-45-38-37(43)36(42)35(41)33(29-39)47-38)46-34(40)27-25-23-21-19-14-12-10-8-6-4-2/h5,7,11,13,16-17,20,22,32-33,35-39,41-43H,3-4,6,8-10,12,14-15,18-19,21,23-31H2,1-2H3/b7-5-,13-11-,17-16-,22-20-. The normalized spacial score (nSPS) is 22.7. The molecular weight excluding hydrogens is 600 g/mol. The highest BCUT2D eigenvalue weighted by molar-refractivity contribution is 5.69. The summed E-state index contributed by atoms with van der Waals surface area (Å²) in [5.74, 6) is -0.338. The van der Waals surface area contributed by atoms with Gasteiger partial charge in [0, 0.05) is 13.0 Å². The van der Waals surface area contributed by atoms with Crippen molar-refractivity contribution in [2.45, 2.75) is 160 Å². The Bertz CT molecular complexity index is 854. The number of hydrogen-bond donors (Lipinski definition) is 4. The predicted octanol–water partition coefficient (Wildman–Crippen LogP) is 6.63. The van der Waals surface area contributed by atoms with Gasteiger partial charge in [-0.2, -0.15) is 0 Å². The van der Waals surface area contributed by atoms with Gasteiger partial charge in [-0.15, -0.1) is 0 Å². The second kappa shape index (κ2) is 30.2. The summed E-state index contributed by atoms with van der Waals surface area (Å²) in [6, 6.07) is 0. The van der Waals surface area contributed by atoms with Crippen LogP contribution in [0.15, 0.2) is 48.6 Å². The molecule has 9 nitrogen and oxygen atoms in total. The van der Waals surface area contributed by atoms with Crippen LogP contribution in [-0.2, 0) is 23.7 Å². The molecule has 9 heteroatoms. The van der Waals surface area contributed by atoms with Crippen molar-refractivity contribution in [2.24, 2.45) is 0 Å². The van der Waals surface area contributed by atoms with Gasteiger partial charge >= 0.3 is 5.97 Å². The highest BCUT2D eigenvalue weighted by Crippen LogP contribution is 2.22. The molecule has 0 aromatic rings. The molecule has 0 saturated carbocycles. The van der Waals surface area contributed by atoms with Gasteiger partial charge in [-0.05, 0) is 44.9 Å². The summed E-state index contributed by atoms with van der Waals surface area (Å²) in [6.45, 7) is 4.25. The van der Waals surface area contributed by atoms with E-state index in [9.17, 15) is 25.2 Å². The number of unbranched alkanes of at least 4 members (excludes halogenated alkanes) is 10. The average molecular weight is 667 g/mol. The zero-order valence-electron chi connectivity index (χ0n) is 29.3. The number of ether oxygens (including phenoxy) is 4. The van der Waals surface area contributed by atoms with E-state index < -0.39 is 43.4 Å². The first-order valence-corrected chi connectivity index (χ1v) is 18.2. The van der Waals surface area contributed by atoms with Crippen molar-refractivity contribution in [3.05, 3.63) is 48.6 Å². The third-order valence-electron chi connectivity index (χ3n) is 8.01. The molecule has 1 fully saturated rings. The third-order valence-corrected chi connectivity index (χ3v) is 8.01. The van der Waals surface area contributed by atoms with Crippen LogP contribution in [0.4, 0.5) is 0 Å². The van der Waals surface area contributed by atoms with Gasteiger partial charge in [0.05, 0.1) is 19.8 Å². The highest BCUT2D eigenvalue weighted by atomic mass is 16.7. The van der Waals surface area contributed by atoms with Crippen LogP contribution >= 0.6 is 0 Å². The van der Waals surface area contributed by atoms with Crippen LogP contribution in [0.3, 0.4) is 0 Å². The topological polar surface area (TPSA) is 135 Å². The van der Waals surface area contributed by atoms with Crippen molar-refractivity contribution < 1.29 is 44.2 Å². The molecule has 0 aliphatic carbocycles. The Labute approximate surface area is 284 Å². The summed E-state index contributed by atoms with van der Waals surface area (Å²) in [5, 5.41) is 39.8. The maximum Gasteiger partial charge on any atom is 0.306 e. The molecule has 0 amide bonds. The van der Waals surface area contributed by atoms with E-state index >= 15 is 0 Å². The van der Waals surface area contributed by atoms with Gasteiger partial charge in [-0.25, -0.2) is 0 Å². The number of allylic oxidation sites excluding steroid dienone is 8. The van der Waals surface area contributed by atoms with Gasteiger partial charge < -0.3 is 39.4 Å². The second-order valence-electron chi connectivity index (χ2n) is 12.3. The molecule has 1 heterocycles. The maximum absolute atomic E-state index is 12.6. The summed E-state index contributed by atoms with van der Waals surface area (Å²) < 4.78 is 22.6. The first kappa shape index (κ1) is 43.2. The van der Waals surface area contributed by atoms with Crippen LogP contribution in [0.1, 0.15) is 123 Å². The number of aliphatic hydroxyl groups is 4. The molecular formula is C38H66O9. The molecule has 6 unspecified atom stereocenters. The molecule has 0 radical (unpaired) electrons. The lowest BCUT2D eigenvalue weighted by atomic mass is 9.99. The number of hydrogen-bond acceptors (Lipinski definition) is 9. The Balaban J connectivity index is 2.40. The first-order chi connectivity index (χ1) is 22.9. The Morgan fingerprint density at radius 3 is 1.87 bits per heavy atom. The van der Waals surface area contributed by atoms with Crippen LogP contribution in [0.25, 0.3) is 0 Å². The van der Waals surface area contributed by atoms with Gasteiger partial charge in [0.2, 0.25) is 0 Å². The first-order valence-electron chi connectivity index (χ1n) is 18.2. The second-order valence-corrected chi connectivity index (χ2v) is 12.3. The van der Waals surface area contributed by atoms with Crippen molar-refractivity contribution >= 4 is 5.97 Å². The molecule has 4 N–H and O–H groups in total. The summed E-state index contributed by atoms with van der Waals surface area (Å²) in [5.41, 5.74) is 0. The van der Waals surface area contributed by atoms with Gasteiger partial charge in [0.15, 0.2) is 6.29 Å². The molecule has 1 saturated heterocycles. The Morgan fingerprint density at radius 1 is 0.702 bits per heavy atom. The van der Waals surface area contributed by atoms with E-state index in [2.05, 4.69) is 62.5 Å². The SMILES string of the molecule is CC/C=C\C/C=C\C/C=C\C/C=C\CCCOCC(COC1OC(CO)C(O)C(O)C1O)OC(=O)CCCCCCCCCCCC. The largest absolute Gasteiger partial charge is 0.457 e. The fourth-order valence-electron chi connectivity index (χ4n) is 5.14. The van der Waals surface area contributed by atoms with Gasteiger partial charge in [0.1, 0.15) is 30.5 Å². The van der Waals surface area contributed by atoms with Gasteiger partial charge in [-0.3, -0.25) is 4.79 Å². The minimum atomic E-state index is -1.54. The van der Waals surface area contributed by atoms with Crippen LogP contribution in [0.2, 0.25) is 0 Å². The highest BCUT2D eigenvalue weighted by Gasteiger charge is 2.44. The summed E-state index contributed by atoms with van der Waals surface area (Å²) >= 11 is 0. The predicted molar refractivity (Wildman–Crippen MR) is 187 cm³/mol. The number of carbonyl (C=O) groups is 1. The lowest BCUT2D eigenvalue weighted by Crippen LogP contribution is -2.59. The fraction of sp³-hybridized carbons (Fsp3) is 0.763. The molecule has 0 spiro atoms. The molecule has 6 atom stereocenters. The molecule has 47 heavy (non-hydrogen) atoms. The minimum absolute atomic E-state index is 0.107. The van der Waals surface area contributed by atoms with Crippen LogP contribution in [-0.4, -0.2) is 89.6 Å². The summed E-state index contributed by atoms with van der Waals surface area (Å²) in [4.78, 5) is 12.6. The van der Waals surface area contributed by atoms with E-state index in [4.69, 9.17) is 18.9 Å². The lowest BCUT2D eigenvalue weighted by molar-refractivity contribution is -0.305. The zero-order chi connectivity index (χ0) is 34.4. The molecule has 1 rings (SSSR count). The van der Waals surface area contributed by atoms with E-state index in [1.54, 1.807) is 0 Å². The average Bonchev–Trinajstić information content (AvgIpc) is 3.07. The zero-order valence-corrected chi connectivity index (χ0v) is 29.3. The molecule has 0 bridgehead atoms. The Morgan fingerprint density at radius 2 is 1.28 bits per heavy atom. The van der Waals surface area contributed by atoms with E-state index in [-0.39, 0.29) is 19.2 Å². The molecule has 1 aliphatic heterocycles. The number of esters is 1. The van der Waals surface area contributed by atoms with Crippen molar-refractivity contribution in [2.75, 3.05) is 26.4 Å². The van der Waals surface area contributed by atoms with E-state index in [0.717, 1.165) is 57.8 Å². The fourth-order valence-corrected chi connectivity index (χ4v) is 5.14. The Hall–Kier alpha value is -1.85. The summed E-state index contributed by atoms with van der Waals surface area (Å²) in [6.07, 6.45) is 27.2. The van der Waals surface area contributed by atoms with Crippen LogP contribution in [0.5, 0.6) is 0 Å². The number of rotatable bonds is 29. The van der Waals surface area contributed by atoms with Crippen molar-refractivity contribution in [1.82, 2.24) is 0 Å². The van der Waals surface area contributed by atoms with Crippen molar-refractivity contribution in [3.63, 3.8) is 0 Å². The Kier molecular flexibility index (Phi) is 27.8. The minimum Gasteiger partial charge on any atom is -0.457 e. The lowest BCUT2D eigenvalue weighted by Gasteiger charge is -2.39. The molecule has 272 valence electrons. The molecule has 0 aromatic carbocycles. The van der Waals surface area contributed by atoms with Gasteiger partial charge in [0.25, 0.3) is 0 Å². The van der Waals surface area contributed by atoms with Crippen LogP contribution in [0, 0.1) is 0 Å². The van der Waals surface area contributed by atoms with Crippen molar-refractivity contribution in [3.8, 4) is 0 Å². The molecule has 1 aliphatic rings. The third kappa shape index (κ3) is 22.4. The number of carbonyl (C=O) groups excluding carboxylic acids is 1. The quantitative estimate of drug-likeness (QED) is 0.0394. The maximum atomic E-state index is 12.6. The smallest absolute Gasteiger partial charge is 0.306 e. The molecule has 0 aromatic heterocycles. The van der Waals surface area contributed by atoms with Crippen LogP contribution < -0.4 is 0 Å². The number of aliphatic hydroxyl groups excluding tert-OH is 4. The van der Waals surface area contributed by atoms with Crippen molar-refractivity contribution in [1.29, 1.82) is 0 Å². The van der Waals surface area contributed by atoms with E-state index in [1.165, 1.54) is 44.9 Å². The van der Waals surface area contributed by atoms with Gasteiger partial charge in [-0.1, -0.05) is 120 Å².